The minimum Gasteiger partial charge on any atom is -0.351 e. The van der Waals surface area contributed by atoms with Crippen molar-refractivity contribution in [3.8, 4) is 16.9 Å². The maximum absolute atomic E-state index is 15.7. The Morgan fingerprint density at radius 1 is 1.16 bits per heavy atom. The van der Waals surface area contributed by atoms with Gasteiger partial charge in [-0.1, -0.05) is 19.9 Å². The highest BCUT2D eigenvalue weighted by molar-refractivity contribution is 7.80. The molecule has 5 rings (SSSR count). The standard InChI is InChI=1S/C27H28F2N6OS/c1-14(2)22-24(15(3)8-9-31-22)35-26-17(25(33-27(35)36)34-11-10-30-13-16(34)4)12-19(29)23(32-26)21-18(28)6-5-7-20(21)37/h5-9,12,14,16,30,37H,10-11,13H2,1-4H3/t16-/m0/s1. The molecule has 1 saturated heterocycles. The summed E-state index contributed by atoms with van der Waals surface area (Å²) in [6.07, 6.45) is 1.69. The van der Waals surface area contributed by atoms with Gasteiger partial charge in [-0.05, 0) is 49.6 Å². The summed E-state index contributed by atoms with van der Waals surface area (Å²) in [6, 6.07) is 7.42. The maximum atomic E-state index is 15.7. The Kier molecular flexibility index (Phi) is 6.72. The molecule has 1 aliphatic rings. The van der Waals surface area contributed by atoms with Crippen molar-refractivity contribution in [2.45, 2.75) is 44.6 Å². The molecule has 0 amide bonds. The van der Waals surface area contributed by atoms with Crippen LogP contribution >= 0.6 is 12.6 Å². The molecule has 0 radical (unpaired) electrons. The van der Waals surface area contributed by atoms with Gasteiger partial charge in [0.1, 0.15) is 17.3 Å². The van der Waals surface area contributed by atoms with Crippen LogP contribution in [0.25, 0.3) is 28.0 Å². The van der Waals surface area contributed by atoms with Gasteiger partial charge in [-0.3, -0.25) is 4.98 Å². The zero-order chi connectivity index (χ0) is 26.4. The third-order valence-electron chi connectivity index (χ3n) is 6.73. The summed E-state index contributed by atoms with van der Waals surface area (Å²) < 4.78 is 32.0. The van der Waals surface area contributed by atoms with Crippen LogP contribution in [0.5, 0.6) is 0 Å². The molecule has 0 unspecified atom stereocenters. The highest BCUT2D eigenvalue weighted by atomic mass is 32.1. The zero-order valence-electron chi connectivity index (χ0n) is 21.1. The number of aromatic nitrogens is 4. The summed E-state index contributed by atoms with van der Waals surface area (Å²) in [6.45, 7) is 9.83. The Morgan fingerprint density at radius 3 is 2.65 bits per heavy atom. The van der Waals surface area contributed by atoms with Crippen molar-refractivity contribution in [2.75, 3.05) is 24.5 Å². The monoisotopic (exact) mass is 522 g/mol. The van der Waals surface area contributed by atoms with Gasteiger partial charge in [0, 0.05) is 36.8 Å². The molecule has 1 aromatic carbocycles. The number of anilines is 1. The second-order valence-electron chi connectivity index (χ2n) is 9.64. The van der Waals surface area contributed by atoms with Crippen molar-refractivity contribution in [3.05, 3.63) is 69.9 Å². The summed E-state index contributed by atoms with van der Waals surface area (Å²) in [5.41, 5.74) is 1.36. The number of fused-ring (bicyclic) bond motifs is 1. The summed E-state index contributed by atoms with van der Waals surface area (Å²) in [5, 5.41) is 3.68. The van der Waals surface area contributed by atoms with E-state index < -0.39 is 17.3 Å². The molecule has 192 valence electrons. The van der Waals surface area contributed by atoms with Gasteiger partial charge in [-0.25, -0.2) is 23.1 Å². The topological polar surface area (TPSA) is 75.9 Å². The largest absolute Gasteiger partial charge is 0.355 e. The third kappa shape index (κ3) is 4.38. The fourth-order valence-corrected chi connectivity index (χ4v) is 5.19. The second-order valence-corrected chi connectivity index (χ2v) is 10.1. The Bertz CT molecular complexity index is 1550. The average molecular weight is 523 g/mol. The van der Waals surface area contributed by atoms with Crippen LogP contribution in [-0.4, -0.2) is 45.2 Å². The van der Waals surface area contributed by atoms with Crippen molar-refractivity contribution < 1.29 is 8.78 Å². The van der Waals surface area contributed by atoms with E-state index in [2.05, 4.69) is 32.9 Å². The SMILES string of the molecule is Cc1ccnc(C(C)C)c1-n1c(=O)nc(N2CCNC[C@@H]2C)c2cc(F)c(-c3c(F)cccc3S)nc21. The van der Waals surface area contributed by atoms with Gasteiger partial charge in [-0.2, -0.15) is 4.98 Å². The second kappa shape index (κ2) is 9.83. The van der Waals surface area contributed by atoms with Crippen LogP contribution in [0.1, 0.15) is 37.9 Å². The number of thiol groups is 1. The summed E-state index contributed by atoms with van der Waals surface area (Å²) in [7, 11) is 0. The van der Waals surface area contributed by atoms with Crippen molar-refractivity contribution in [3.63, 3.8) is 0 Å². The molecule has 0 saturated carbocycles. The van der Waals surface area contributed by atoms with Gasteiger partial charge in [0.15, 0.2) is 11.5 Å². The predicted octanol–water partition coefficient (Wildman–Crippen LogP) is 4.64. The van der Waals surface area contributed by atoms with E-state index in [4.69, 9.17) is 0 Å². The maximum Gasteiger partial charge on any atom is 0.355 e. The van der Waals surface area contributed by atoms with Crippen molar-refractivity contribution in [2.24, 2.45) is 0 Å². The van der Waals surface area contributed by atoms with Gasteiger partial charge < -0.3 is 10.2 Å². The number of piperazine rings is 1. The molecule has 1 aliphatic heterocycles. The van der Waals surface area contributed by atoms with Crippen LogP contribution in [0.3, 0.4) is 0 Å². The smallest absolute Gasteiger partial charge is 0.351 e. The number of rotatable bonds is 4. The molecular weight excluding hydrogens is 494 g/mol. The normalized spacial score (nSPS) is 16.1. The molecule has 3 aromatic heterocycles. The molecule has 0 aliphatic carbocycles. The molecular formula is C27H28F2N6OS. The third-order valence-corrected chi connectivity index (χ3v) is 7.10. The van der Waals surface area contributed by atoms with Crippen LogP contribution in [0.4, 0.5) is 14.6 Å². The lowest BCUT2D eigenvalue weighted by Crippen LogP contribution is -2.50. The van der Waals surface area contributed by atoms with Crippen LogP contribution in [0.15, 0.2) is 46.2 Å². The molecule has 4 heterocycles. The molecule has 4 aromatic rings. The van der Waals surface area contributed by atoms with Gasteiger partial charge in [0.25, 0.3) is 0 Å². The minimum atomic E-state index is -0.726. The van der Waals surface area contributed by atoms with E-state index in [1.807, 2.05) is 32.6 Å². The number of halogens is 2. The lowest BCUT2D eigenvalue weighted by atomic mass is 10.0. The van der Waals surface area contributed by atoms with E-state index in [0.29, 0.717) is 42.2 Å². The van der Waals surface area contributed by atoms with E-state index in [9.17, 15) is 9.18 Å². The molecule has 0 spiro atoms. The van der Waals surface area contributed by atoms with Crippen LogP contribution in [0.2, 0.25) is 0 Å². The number of nitrogens with one attached hydrogen (secondary N) is 1. The van der Waals surface area contributed by atoms with Gasteiger partial charge in [0.2, 0.25) is 0 Å². The first-order valence-electron chi connectivity index (χ1n) is 12.2. The van der Waals surface area contributed by atoms with E-state index in [1.54, 1.807) is 18.3 Å². The molecule has 37 heavy (non-hydrogen) atoms. The van der Waals surface area contributed by atoms with Crippen molar-refractivity contribution in [1.82, 2.24) is 24.8 Å². The van der Waals surface area contributed by atoms with Crippen LogP contribution in [0, 0.1) is 18.6 Å². The number of hydrogen-bond donors (Lipinski definition) is 2. The van der Waals surface area contributed by atoms with Crippen LogP contribution < -0.4 is 15.9 Å². The Labute approximate surface area is 219 Å². The van der Waals surface area contributed by atoms with E-state index in [0.717, 1.165) is 5.56 Å². The highest BCUT2D eigenvalue weighted by Crippen LogP contribution is 2.35. The van der Waals surface area contributed by atoms with Crippen LogP contribution in [-0.2, 0) is 0 Å². The number of nitrogens with zero attached hydrogens (tertiary/aromatic N) is 5. The van der Waals surface area contributed by atoms with Gasteiger partial charge >= 0.3 is 5.69 Å². The lowest BCUT2D eigenvalue weighted by molar-refractivity contribution is 0.497. The van der Waals surface area contributed by atoms with Crippen molar-refractivity contribution >= 4 is 29.5 Å². The summed E-state index contributed by atoms with van der Waals surface area (Å²) in [4.78, 5) is 29.6. The van der Waals surface area contributed by atoms with Crippen molar-refractivity contribution in [1.29, 1.82) is 0 Å². The fourth-order valence-electron chi connectivity index (χ4n) is 4.89. The molecule has 10 heteroatoms. The summed E-state index contributed by atoms with van der Waals surface area (Å²) >= 11 is 4.36. The fraction of sp³-hybridized carbons (Fsp3) is 0.333. The van der Waals surface area contributed by atoms with E-state index >= 15 is 4.39 Å². The van der Waals surface area contributed by atoms with E-state index in [1.165, 1.54) is 22.8 Å². The average Bonchev–Trinajstić information content (AvgIpc) is 2.85. The van der Waals surface area contributed by atoms with Gasteiger partial charge in [0.05, 0.1) is 22.3 Å². The molecule has 7 nitrogen and oxygen atoms in total. The highest BCUT2D eigenvalue weighted by Gasteiger charge is 2.28. The minimum absolute atomic E-state index is 0.0137. The zero-order valence-corrected chi connectivity index (χ0v) is 22.0. The number of pyridine rings is 2. The number of aryl methyl sites for hydroxylation is 1. The molecule has 1 fully saturated rings. The predicted molar refractivity (Wildman–Crippen MR) is 144 cm³/mol. The summed E-state index contributed by atoms with van der Waals surface area (Å²) in [5.74, 6) is -1.04. The first-order valence-corrected chi connectivity index (χ1v) is 12.7. The van der Waals surface area contributed by atoms with Gasteiger partial charge in [-0.15, -0.1) is 12.6 Å². The quantitative estimate of drug-likeness (QED) is 0.381. The Morgan fingerprint density at radius 2 is 1.95 bits per heavy atom. The van der Waals surface area contributed by atoms with E-state index in [-0.39, 0.29) is 33.8 Å². The Hall–Kier alpha value is -3.37. The molecule has 1 N–H and O–H groups in total. The molecule has 0 bridgehead atoms. The Balaban J connectivity index is 1.92. The molecule has 1 atom stereocenters. The first-order chi connectivity index (χ1) is 17.7. The first kappa shape index (κ1) is 25.3. The number of benzene rings is 1. The number of hydrogen-bond acceptors (Lipinski definition) is 7. The lowest BCUT2D eigenvalue weighted by Gasteiger charge is -2.35.